The van der Waals surface area contributed by atoms with E-state index in [1.807, 2.05) is 49.4 Å². The van der Waals surface area contributed by atoms with E-state index in [4.69, 9.17) is 21.1 Å². The quantitative estimate of drug-likeness (QED) is 0.141. The molecule has 1 amide bonds. The zero-order chi connectivity index (χ0) is 29.5. The Balaban J connectivity index is 1.28. The van der Waals surface area contributed by atoms with Crippen LogP contribution in [0.5, 0.6) is 11.5 Å². The van der Waals surface area contributed by atoms with Gasteiger partial charge in [0, 0.05) is 21.8 Å². The molecular weight excluding hydrogens is 544 g/mol. The molecular formula is C36H29ClN2O3. The molecule has 0 fully saturated rings. The maximum Gasteiger partial charge on any atom is 0.266 e. The van der Waals surface area contributed by atoms with E-state index >= 15 is 0 Å². The molecule has 6 heteroatoms. The van der Waals surface area contributed by atoms with E-state index in [1.54, 1.807) is 42.5 Å². The molecule has 0 aliphatic rings. The summed E-state index contributed by atoms with van der Waals surface area (Å²) in [5.74, 6) is 0.649. The summed E-state index contributed by atoms with van der Waals surface area (Å²) in [5, 5.41) is 15.3. The van der Waals surface area contributed by atoms with E-state index in [1.165, 1.54) is 11.6 Å². The van der Waals surface area contributed by atoms with Crippen LogP contribution in [0.25, 0.3) is 16.8 Å². The molecule has 0 radical (unpaired) electrons. The molecule has 0 saturated heterocycles. The first-order valence-electron chi connectivity index (χ1n) is 13.5. The van der Waals surface area contributed by atoms with E-state index in [0.29, 0.717) is 41.0 Å². The van der Waals surface area contributed by atoms with Gasteiger partial charge in [-0.2, -0.15) is 5.26 Å². The summed E-state index contributed by atoms with van der Waals surface area (Å²) >= 11 is 6.28. The molecule has 0 saturated carbocycles. The number of fused-ring (bicyclic) bond motifs is 1. The average molecular weight is 573 g/mol. The molecule has 5 aromatic carbocycles. The minimum atomic E-state index is -0.540. The number of aryl methyl sites for hydroxylation is 2. The van der Waals surface area contributed by atoms with Crippen LogP contribution in [0.1, 0.15) is 27.8 Å². The molecule has 0 heterocycles. The summed E-state index contributed by atoms with van der Waals surface area (Å²) in [4.78, 5) is 13.0. The fourth-order valence-corrected chi connectivity index (χ4v) is 4.72. The number of hydrogen-bond donors (Lipinski definition) is 1. The van der Waals surface area contributed by atoms with Crippen LogP contribution in [0.15, 0.2) is 109 Å². The van der Waals surface area contributed by atoms with Crippen molar-refractivity contribution in [3.8, 4) is 17.6 Å². The molecule has 1 N–H and O–H groups in total. The van der Waals surface area contributed by atoms with Crippen LogP contribution in [0.2, 0.25) is 5.02 Å². The van der Waals surface area contributed by atoms with Crippen LogP contribution >= 0.6 is 11.6 Å². The SMILES string of the molecule is Cc1ccc(COc2ccc(NC(=O)/C(C#N)=C/c3cc(Cl)ccc3OCc3c(C)ccc4ccccc34)cc2)cc1. The number of hydrogen-bond acceptors (Lipinski definition) is 4. The van der Waals surface area contributed by atoms with Crippen molar-refractivity contribution >= 4 is 40.0 Å². The number of rotatable bonds is 9. The molecule has 0 aliphatic heterocycles. The number of benzene rings is 5. The average Bonchev–Trinajstić information content (AvgIpc) is 3.00. The molecule has 5 rings (SSSR count). The van der Waals surface area contributed by atoms with Crippen molar-refractivity contribution in [2.75, 3.05) is 5.32 Å². The first kappa shape index (κ1) is 28.5. The number of nitrogens with zero attached hydrogens (tertiary/aromatic N) is 1. The zero-order valence-electron chi connectivity index (χ0n) is 23.4. The Hall–Kier alpha value is -5.05. The van der Waals surface area contributed by atoms with Gasteiger partial charge < -0.3 is 14.8 Å². The van der Waals surface area contributed by atoms with E-state index < -0.39 is 5.91 Å². The van der Waals surface area contributed by atoms with Crippen molar-refractivity contribution in [2.45, 2.75) is 27.1 Å². The summed E-state index contributed by atoms with van der Waals surface area (Å²) in [6.07, 6.45) is 1.49. The maximum absolute atomic E-state index is 13.0. The van der Waals surface area contributed by atoms with Gasteiger partial charge in [-0.05, 0) is 84.3 Å². The third-order valence-electron chi connectivity index (χ3n) is 6.92. The van der Waals surface area contributed by atoms with Gasteiger partial charge >= 0.3 is 0 Å². The topological polar surface area (TPSA) is 71.3 Å². The Bertz CT molecular complexity index is 1800. The Morgan fingerprint density at radius 2 is 1.64 bits per heavy atom. The van der Waals surface area contributed by atoms with Crippen LogP contribution in [0, 0.1) is 25.2 Å². The second kappa shape index (κ2) is 13.1. The minimum absolute atomic E-state index is 0.0804. The zero-order valence-corrected chi connectivity index (χ0v) is 24.1. The fourth-order valence-electron chi connectivity index (χ4n) is 4.54. The van der Waals surface area contributed by atoms with Gasteiger partial charge in [0.2, 0.25) is 0 Å². The van der Waals surface area contributed by atoms with Crippen LogP contribution in [-0.2, 0) is 18.0 Å². The van der Waals surface area contributed by atoms with Gasteiger partial charge in [0.1, 0.15) is 36.4 Å². The Kier molecular flexibility index (Phi) is 8.87. The highest BCUT2D eigenvalue weighted by Crippen LogP contribution is 2.29. The monoisotopic (exact) mass is 572 g/mol. The lowest BCUT2D eigenvalue weighted by Gasteiger charge is -2.14. The van der Waals surface area contributed by atoms with Crippen LogP contribution < -0.4 is 14.8 Å². The van der Waals surface area contributed by atoms with Crippen molar-refractivity contribution < 1.29 is 14.3 Å². The number of amides is 1. The highest BCUT2D eigenvalue weighted by Gasteiger charge is 2.13. The lowest BCUT2D eigenvalue weighted by atomic mass is 10.0. The summed E-state index contributed by atoms with van der Waals surface area (Å²) in [7, 11) is 0. The second-order valence-corrected chi connectivity index (χ2v) is 10.4. The number of carbonyl (C=O) groups is 1. The van der Waals surface area contributed by atoms with Gasteiger partial charge in [0.25, 0.3) is 5.91 Å². The Morgan fingerprint density at radius 3 is 2.40 bits per heavy atom. The smallest absolute Gasteiger partial charge is 0.266 e. The van der Waals surface area contributed by atoms with Crippen molar-refractivity contribution in [1.82, 2.24) is 0 Å². The summed E-state index contributed by atoms with van der Waals surface area (Å²) < 4.78 is 12.1. The molecule has 208 valence electrons. The largest absolute Gasteiger partial charge is 0.489 e. The molecule has 0 spiro atoms. The van der Waals surface area contributed by atoms with Crippen LogP contribution in [0.4, 0.5) is 5.69 Å². The van der Waals surface area contributed by atoms with Gasteiger partial charge in [-0.25, -0.2) is 0 Å². The summed E-state index contributed by atoms with van der Waals surface area (Å²) in [6, 6.07) is 34.6. The van der Waals surface area contributed by atoms with Crippen LogP contribution in [0.3, 0.4) is 0 Å². The molecule has 5 nitrogen and oxygen atoms in total. The lowest BCUT2D eigenvalue weighted by Crippen LogP contribution is -2.13. The Labute approximate surface area is 250 Å². The van der Waals surface area contributed by atoms with E-state index in [0.717, 1.165) is 27.5 Å². The van der Waals surface area contributed by atoms with E-state index in [2.05, 4.69) is 36.5 Å². The summed E-state index contributed by atoms with van der Waals surface area (Å²) in [5.41, 5.74) is 5.44. The van der Waals surface area contributed by atoms with Crippen molar-refractivity contribution in [3.63, 3.8) is 0 Å². The molecule has 0 bridgehead atoms. The van der Waals surface area contributed by atoms with Gasteiger partial charge in [-0.1, -0.05) is 77.8 Å². The molecule has 5 aromatic rings. The van der Waals surface area contributed by atoms with E-state index in [9.17, 15) is 10.1 Å². The first-order chi connectivity index (χ1) is 20.4. The highest BCUT2D eigenvalue weighted by molar-refractivity contribution is 6.30. The van der Waals surface area contributed by atoms with Crippen LogP contribution in [-0.4, -0.2) is 5.91 Å². The number of nitrogens with one attached hydrogen (secondary N) is 1. The van der Waals surface area contributed by atoms with Gasteiger partial charge in [-0.3, -0.25) is 4.79 Å². The number of anilines is 1. The van der Waals surface area contributed by atoms with Gasteiger partial charge in [0.05, 0.1) is 0 Å². The Morgan fingerprint density at radius 1 is 0.881 bits per heavy atom. The third kappa shape index (κ3) is 6.98. The number of ether oxygens (including phenoxy) is 2. The molecule has 42 heavy (non-hydrogen) atoms. The summed E-state index contributed by atoms with van der Waals surface area (Å²) in [6.45, 7) is 4.86. The number of halogens is 1. The molecule has 0 aliphatic carbocycles. The molecule has 0 aromatic heterocycles. The van der Waals surface area contributed by atoms with Gasteiger partial charge in [-0.15, -0.1) is 0 Å². The number of carbonyl (C=O) groups excluding carboxylic acids is 1. The predicted octanol–water partition coefficient (Wildman–Crippen LogP) is 8.81. The lowest BCUT2D eigenvalue weighted by molar-refractivity contribution is -0.112. The molecule has 0 atom stereocenters. The predicted molar refractivity (Wildman–Crippen MR) is 169 cm³/mol. The van der Waals surface area contributed by atoms with Crippen molar-refractivity contribution in [3.05, 3.63) is 142 Å². The molecule has 0 unspecified atom stereocenters. The van der Waals surface area contributed by atoms with Crippen molar-refractivity contribution in [2.24, 2.45) is 0 Å². The normalized spacial score (nSPS) is 11.1. The number of nitriles is 1. The standard InChI is InChI=1S/C36H29ClN2O3/c1-24-7-10-26(11-8-24)22-41-32-16-14-31(15-17-32)39-36(40)29(21-38)19-28-20-30(37)13-18-35(28)42-23-34-25(2)9-12-27-5-3-4-6-33(27)34/h3-20H,22-23H2,1-2H3,(H,39,40)/b29-19+. The second-order valence-electron chi connectivity index (χ2n) is 9.98. The minimum Gasteiger partial charge on any atom is -0.489 e. The highest BCUT2D eigenvalue weighted by atomic mass is 35.5. The maximum atomic E-state index is 13.0. The van der Waals surface area contributed by atoms with E-state index in [-0.39, 0.29) is 5.57 Å². The first-order valence-corrected chi connectivity index (χ1v) is 13.9. The third-order valence-corrected chi connectivity index (χ3v) is 7.16. The van der Waals surface area contributed by atoms with Crippen molar-refractivity contribution in [1.29, 1.82) is 5.26 Å². The van der Waals surface area contributed by atoms with Gasteiger partial charge in [0.15, 0.2) is 0 Å². The fraction of sp³-hybridized carbons (Fsp3) is 0.111.